The summed E-state index contributed by atoms with van der Waals surface area (Å²) in [5, 5.41) is 0.337. The maximum Gasteiger partial charge on any atom is 0.271 e. The molecule has 0 fully saturated rings. The first-order valence-corrected chi connectivity index (χ1v) is 8.90. The van der Waals surface area contributed by atoms with E-state index in [1.807, 2.05) is 12.1 Å². The summed E-state index contributed by atoms with van der Waals surface area (Å²) < 4.78 is 0. The van der Waals surface area contributed by atoms with E-state index in [-0.39, 0.29) is 11.7 Å². The normalized spacial score (nSPS) is 10.5. The zero-order valence-corrected chi connectivity index (χ0v) is 15.1. The van der Waals surface area contributed by atoms with Gasteiger partial charge in [-0.25, -0.2) is 0 Å². The van der Waals surface area contributed by atoms with E-state index in [1.54, 1.807) is 24.3 Å². The minimum Gasteiger partial charge on any atom is -0.272 e. The van der Waals surface area contributed by atoms with Crippen LogP contribution in [-0.2, 0) is 4.79 Å². The van der Waals surface area contributed by atoms with Gasteiger partial charge in [0.1, 0.15) is 0 Å². The predicted molar refractivity (Wildman–Crippen MR) is 98.3 cm³/mol. The lowest BCUT2D eigenvalue weighted by Crippen LogP contribution is -2.42. The maximum absolute atomic E-state index is 11.9. The number of carbonyl (C=O) groups excluding carboxylic acids is 2. The van der Waals surface area contributed by atoms with Gasteiger partial charge >= 0.3 is 0 Å². The number of nitrogens with one attached hydrogen (secondary N) is 2. The van der Waals surface area contributed by atoms with Gasteiger partial charge in [-0.2, -0.15) is 0 Å². The maximum atomic E-state index is 11.9. The van der Waals surface area contributed by atoms with Gasteiger partial charge < -0.3 is 0 Å². The molecule has 126 valence electrons. The second-order valence-electron chi connectivity index (χ2n) is 5.49. The van der Waals surface area contributed by atoms with Crippen LogP contribution in [0.2, 0.25) is 5.02 Å². The quantitative estimate of drug-likeness (QED) is 0.624. The van der Waals surface area contributed by atoms with Crippen LogP contribution in [-0.4, -0.2) is 17.6 Å². The number of halogens is 1. The molecule has 2 rings (SSSR count). The molecule has 0 atom stereocenters. The third-order valence-electron chi connectivity index (χ3n) is 3.35. The van der Waals surface area contributed by atoms with E-state index in [2.05, 4.69) is 36.8 Å². The SMILES string of the molecule is CC(C)c1ccc(SCC(=O)NNC(=O)c2ccccc2Cl)cc1. The Balaban J connectivity index is 1.79. The summed E-state index contributed by atoms with van der Waals surface area (Å²) in [4.78, 5) is 24.8. The summed E-state index contributed by atoms with van der Waals surface area (Å²) in [6, 6.07) is 14.8. The molecule has 0 heterocycles. The van der Waals surface area contributed by atoms with Crippen LogP contribution in [0.25, 0.3) is 0 Å². The molecule has 0 unspecified atom stereocenters. The summed E-state index contributed by atoms with van der Waals surface area (Å²) in [5.74, 6) is -0.0370. The molecule has 0 aliphatic heterocycles. The Hall–Kier alpha value is -1.98. The van der Waals surface area contributed by atoms with Crippen molar-refractivity contribution in [3.05, 3.63) is 64.7 Å². The fourth-order valence-electron chi connectivity index (χ4n) is 1.97. The van der Waals surface area contributed by atoms with Gasteiger partial charge in [0.2, 0.25) is 5.91 Å². The largest absolute Gasteiger partial charge is 0.272 e. The number of hydrogen-bond donors (Lipinski definition) is 2. The Morgan fingerprint density at radius 1 is 1.04 bits per heavy atom. The van der Waals surface area contributed by atoms with Gasteiger partial charge in [-0.15, -0.1) is 11.8 Å². The van der Waals surface area contributed by atoms with E-state index in [9.17, 15) is 9.59 Å². The Morgan fingerprint density at radius 2 is 1.71 bits per heavy atom. The zero-order valence-electron chi connectivity index (χ0n) is 13.5. The molecule has 0 bridgehead atoms. The van der Waals surface area contributed by atoms with Crippen LogP contribution in [0.1, 0.15) is 35.7 Å². The molecule has 0 aliphatic rings. The van der Waals surface area contributed by atoms with Crippen molar-refractivity contribution < 1.29 is 9.59 Å². The number of hydrogen-bond acceptors (Lipinski definition) is 3. The van der Waals surface area contributed by atoms with Gasteiger partial charge in [0.15, 0.2) is 0 Å². The van der Waals surface area contributed by atoms with Crippen molar-refractivity contribution >= 4 is 35.2 Å². The molecule has 0 spiro atoms. The molecular weight excluding hydrogens is 344 g/mol. The first-order chi connectivity index (χ1) is 11.5. The second-order valence-corrected chi connectivity index (χ2v) is 6.95. The lowest BCUT2D eigenvalue weighted by atomic mass is 10.0. The van der Waals surface area contributed by atoms with E-state index in [1.165, 1.54) is 17.3 Å². The van der Waals surface area contributed by atoms with Gasteiger partial charge in [0.25, 0.3) is 5.91 Å². The Morgan fingerprint density at radius 3 is 2.33 bits per heavy atom. The summed E-state index contributed by atoms with van der Waals surface area (Å²) in [6.45, 7) is 4.27. The monoisotopic (exact) mass is 362 g/mol. The molecule has 0 aromatic heterocycles. The first-order valence-electron chi connectivity index (χ1n) is 7.54. The van der Waals surface area contributed by atoms with Crippen molar-refractivity contribution in [1.29, 1.82) is 0 Å². The van der Waals surface area contributed by atoms with Crippen molar-refractivity contribution in [3.8, 4) is 0 Å². The van der Waals surface area contributed by atoms with Crippen LogP contribution in [0.3, 0.4) is 0 Å². The second kappa shape index (κ2) is 8.76. The number of amides is 2. The average Bonchev–Trinajstić information content (AvgIpc) is 2.58. The zero-order chi connectivity index (χ0) is 17.5. The molecule has 2 aromatic carbocycles. The Kier molecular flexibility index (Phi) is 6.70. The van der Waals surface area contributed by atoms with Gasteiger partial charge in [-0.3, -0.25) is 20.4 Å². The van der Waals surface area contributed by atoms with E-state index < -0.39 is 5.91 Å². The van der Waals surface area contributed by atoms with Gasteiger partial charge in [0.05, 0.1) is 16.3 Å². The molecule has 0 saturated carbocycles. The number of hydrazine groups is 1. The lowest BCUT2D eigenvalue weighted by Gasteiger charge is -2.09. The predicted octanol–water partition coefficient (Wildman–Crippen LogP) is 4.02. The smallest absolute Gasteiger partial charge is 0.271 e. The van der Waals surface area contributed by atoms with Crippen molar-refractivity contribution in [3.63, 3.8) is 0 Å². The van der Waals surface area contributed by atoms with Crippen LogP contribution in [0.4, 0.5) is 0 Å². The van der Waals surface area contributed by atoms with Gasteiger partial charge in [-0.05, 0) is 35.7 Å². The van der Waals surface area contributed by atoms with Crippen LogP contribution in [0.5, 0.6) is 0 Å². The molecule has 2 aromatic rings. The number of thioether (sulfide) groups is 1. The number of benzene rings is 2. The van der Waals surface area contributed by atoms with Crippen molar-refractivity contribution in [1.82, 2.24) is 10.9 Å². The highest BCUT2D eigenvalue weighted by molar-refractivity contribution is 8.00. The minimum absolute atomic E-state index is 0.212. The highest BCUT2D eigenvalue weighted by atomic mass is 35.5. The van der Waals surface area contributed by atoms with Crippen molar-refractivity contribution in [2.75, 3.05) is 5.75 Å². The van der Waals surface area contributed by atoms with Crippen LogP contribution in [0, 0.1) is 0 Å². The fourth-order valence-corrected chi connectivity index (χ4v) is 2.89. The van der Waals surface area contributed by atoms with Crippen molar-refractivity contribution in [2.24, 2.45) is 0 Å². The van der Waals surface area contributed by atoms with Gasteiger partial charge in [-0.1, -0.05) is 49.7 Å². The standard InChI is InChI=1S/C18H19ClN2O2S/c1-12(2)13-7-9-14(10-8-13)24-11-17(22)20-21-18(23)15-5-3-4-6-16(15)19/h3-10,12H,11H2,1-2H3,(H,20,22)(H,21,23). The van der Waals surface area contributed by atoms with E-state index >= 15 is 0 Å². The molecule has 0 radical (unpaired) electrons. The van der Waals surface area contributed by atoms with Crippen LogP contribution < -0.4 is 10.9 Å². The fraction of sp³-hybridized carbons (Fsp3) is 0.222. The highest BCUT2D eigenvalue weighted by Gasteiger charge is 2.10. The van der Waals surface area contributed by atoms with E-state index in [0.29, 0.717) is 16.5 Å². The Labute approximate surface area is 150 Å². The summed E-state index contributed by atoms with van der Waals surface area (Å²) in [5.41, 5.74) is 6.33. The summed E-state index contributed by atoms with van der Waals surface area (Å²) in [6.07, 6.45) is 0. The Bertz CT molecular complexity index is 717. The molecule has 24 heavy (non-hydrogen) atoms. The van der Waals surface area contributed by atoms with Crippen molar-refractivity contribution in [2.45, 2.75) is 24.7 Å². The molecule has 0 aliphatic carbocycles. The van der Waals surface area contributed by atoms with Crippen LogP contribution in [0.15, 0.2) is 53.4 Å². The minimum atomic E-state index is -0.444. The summed E-state index contributed by atoms with van der Waals surface area (Å²) in [7, 11) is 0. The molecule has 4 nitrogen and oxygen atoms in total. The lowest BCUT2D eigenvalue weighted by molar-refractivity contribution is -0.119. The summed E-state index contributed by atoms with van der Waals surface area (Å²) >= 11 is 7.34. The number of carbonyl (C=O) groups is 2. The molecule has 0 saturated heterocycles. The van der Waals surface area contributed by atoms with Crippen LogP contribution >= 0.6 is 23.4 Å². The topological polar surface area (TPSA) is 58.2 Å². The first kappa shape index (κ1) is 18.4. The van der Waals surface area contributed by atoms with E-state index in [0.717, 1.165) is 4.90 Å². The number of rotatable bonds is 5. The van der Waals surface area contributed by atoms with Gasteiger partial charge in [0, 0.05) is 4.90 Å². The third-order valence-corrected chi connectivity index (χ3v) is 4.69. The molecule has 2 N–H and O–H groups in total. The highest BCUT2D eigenvalue weighted by Crippen LogP contribution is 2.21. The third kappa shape index (κ3) is 5.28. The average molecular weight is 363 g/mol. The molecule has 2 amide bonds. The van der Waals surface area contributed by atoms with E-state index in [4.69, 9.17) is 11.6 Å². The molecule has 6 heteroatoms. The molecular formula is C18H19ClN2O2S.